The third kappa shape index (κ3) is 4.90. The molecule has 0 unspecified atom stereocenters. The number of aryl methyl sites for hydroxylation is 2. The number of likely N-dealkylation sites (tertiary alicyclic amines) is 1. The van der Waals surface area contributed by atoms with Crippen molar-refractivity contribution < 1.29 is 17.9 Å². The summed E-state index contributed by atoms with van der Waals surface area (Å²) >= 11 is 0. The second-order valence-corrected chi connectivity index (χ2v) is 9.22. The molecule has 0 aliphatic carbocycles. The van der Waals surface area contributed by atoms with Crippen LogP contribution in [0.2, 0.25) is 0 Å². The maximum Gasteiger partial charge on any atom is 0.410 e. The standard InChI is InChI=1S/C16H25N3O4S/c1-11-8-12(2)18-14(17-11)24(21,22)10-13-6-7-19(9-13)15(20)23-16(3,4)5/h8,13H,6-7,9-10H2,1-5H3/t13-/m0/s1. The van der Waals surface area contributed by atoms with Gasteiger partial charge in [-0.25, -0.2) is 23.2 Å². The van der Waals surface area contributed by atoms with Crippen LogP contribution in [0.25, 0.3) is 0 Å². The number of ether oxygens (including phenoxy) is 1. The highest BCUT2D eigenvalue weighted by atomic mass is 32.2. The number of carbonyl (C=O) groups excluding carboxylic acids is 1. The summed E-state index contributed by atoms with van der Waals surface area (Å²) < 4.78 is 30.4. The molecule has 0 saturated carbocycles. The lowest BCUT2D eigenvalue weighted by atomic mass is 10.2. The quantitative estimate of drug-likeness (QED) is 0.772. The summed E-state index contributed by atoms with van der Waals surface area (Å²) in [6.45, 7) is 9.78. The zero-order valence-electron chi connectivity index (χ0n) is 14.9. The minimum Gasteiger partial charge on any atom is -0.444 e. The normalized spacial score (nSPS) is 18.7. The Labute approximate surface area is 143 Å². The Hall–Kier alpha value is -1.70. The molecule has 7 nitrogen and oxygen atoms in total. The molecule has 0 radical (unpaired) electrons. The fourth-order valence-electron chi connectivity index (χ4n) is 2.68. The number of aromatic nitrogens is 2. The first-order valence-electron chi connectivity index (χ1n) is 7.99. The third-order valence-electron chi connectivity index (χ3n) is 3.63. The van der Waals surface area contributed by atoms with Crippen molar-refractivity contribution in [2.24, 2.45) is 5.92 Å². The van der Waals surface area contributed by atoms with Gasteiger partial charge in [-0.1, -0.05) is 0 Å². The number of carbonyl (C=O) groups is 1. The van der Waals surface area contributed by atoms with Crippen LogP contribution in [0.15, 0.2) is 11.2 Å². The number of rotatable bonds is 3. The molecule has 1 aliphatic rings. The highest BCUT2D eigenvalue weighted by molar-refractivity contribution is 7.91. The number of hydrogen-bond donors (Lipinski definition) is 0. The van der Waals surface area contributed by atoms with Crippen LogP contribution in [0.1, 0.15) is 38.6 Å². The van der Waals surface area contributed by atoms with Crippen LogP contribution in [-0.2, 0) is 14.6 Å². The first-order valence-corrected chi connectivity index (χ1v) is 9.64. The Morgan fingerprint density at radius 3 is 2.42 bits per heavy atom. The maximum absolute atomic E-state index is 12.5. The van der Waals surface area contributed by atoms with E-state index in [4.69, 9.17) is 4.74 Å². The fraction of sp³-hybridized carbons (Fsp3) is 0.688. The van der Waals surface area contributed by atoms with E-state index in [9.17, 15) is 13.2 Å². The number of hydrogen-bond acceptors (Lipinski definition) is 6. The number of sulfone groups is 1. The van der Waals surface area contributed by atoms with Gasteiger partial charge in [-0.2, -0.15) is 0 Å². The Morgan fingerprint density at radius 1 is 1.29 bits per heavy atom. The molecule has 2 rings (SSSR count). The zero-order chi connectivity index (χ0) is 18.1. The number of amides is 1. The van der Waals surface area contributed by atoms with Gasteiger partial charge in [-0.15, -0.1) is 0 Å². The molecule has 24 heavy (non-hydrogen) atoms. The highest BCUT2D eigenvalue weighted by Gasteiger charge is 2.33. The lowest BCUT2D eigenvalue weighted by molar-refractivity contribution is 0.0289. The molecule has 1 aliphatic heterocycles. The molecule has 134 valence electrons. The SMILES string of the molecule is Cc1cc(C)nc(S(=O)(=O)C[C@H]2CCN(C(=O)OC(C)(C)C)C2)n1. The van der Waals surface area contributed by atoms with Gasteiger partial charge in [0.15, 0.2) is 0 Å². The molecular formula is C16H25N3O4S. The second-order valence-electron chi connectivity index (χ2n) is 7.30. The van der Waals surface area contributed by atoms with Gasteiger partial charge >= 0.3 is 6.09 Å². The largest absolute Gasteiger partial charge is 0.444 e. The first-order chi connectivity index (χ1) is 11.0. The van der Waals surface area contributed by atoms with Crippen molar-refractivity contribution in [3.8, 4) is 0 Å². The summed E-state index contributed by atoms with van der Waals surface area (Å²) in [5.74, 6) is -0.193. The van der Waals surface area contributed by atoms with Crippen LogP contribution in [0.4, 0.5) is 4.79 Å². The van der Waals surface area contributed by atoms with Crippen molar-refractivity contribution >= 4 is 15.9 Å². The van der Waals surface area contributed by atoms with E-state index in [2.05, 4.69) is 9.97 Å². The molecule has 1 aromatic heterocycles. The van der Waals surface area contributed by atoms with Gasteiger partial charge in [0.25, 0.3) is 0 Å². The average molecular weight is 355 g/mol. The van der Waals surface area contributed by atoms with Crippen molar-refractivity contribution in [1.82, 2.24) is 14.9 Å². The van der Waals surface area contributed by atoms with Gasteiger partial charge in [-0.05, 0) is 53.0 Å². The van der Waals surface area contributed by atoms with E-state index in [1.165, 1.54) is 0 Å². The van der Waals surface area contributed by atoms with Crippen molar-refractivity contribution in [3.05, 3.63) is 17.5 Å². The number of nitrogens with zero attached hydrogens (tertiary/aromatic N) is 3. The predicted molar refractivity (Wildman–Crippen MR) is 89.5 cm³/mol. The summed E-state index contributed by atoms with van der Waals surface area (Å²) in [4.78, 5) is 21.7. The van der Waals surface area contributed by atoms with E-state index in [1.54, 1.807) is 45.6 Å². The molecule has 8 heteroatoms. The lowest BCUT2D eigenvalue weighted by Gasteiger charge is -2.24. The Bertz CT molecular complexity index is 705. The van der Waals surface area contributed by atoms with E-state index in [-0.39, 0.29) is 16.8 Å². The highest BCUT2D eigenvalue weighted by Crippen LogP contribution is 2.22. The topological polar surface area (TPSA) is 89.5 Å². The summed E-state index contributed by atoms with van der Waals surface area (Å²) in [6, 6.07) is 1.73. The van der Waals surface area contributed by atoms with Crippen molar-refractivity contribution in [3.63, 3.8) is 0 Å². The van der Waals surface area contributed by atoms with Crippen LogP contribution < -0.4 is 0 Å². The average Bonchev–Trinajstić information content (AvgIpc) is 2.83. The molecule has 0 N–H and O–H groups in total. The molecular weight excluding hydrogens is 330 g/mol. The van der Waals surface area contributed by atoms with Gasteiger partial charge in [0.05, 0.1) is 5.75 Å². The van der Waals surface area contributed by atoms with E-state index in [0.29, 0.717) is 30.9 Å². The molecule has 0 spiro atoms. The molecule has 1 atom stereocenters. The molecule has 0 aromatic carbocycles. The summed E-state index contributed by atoms with van der Waals surface area (Å²) in [5, 5.41) is -0.129. The Morgan fingerprint density at radius 2 is 1.88 bits per heavy atom. The van der Waals surface area contributed by atoms with Crippen LogP contribution in [-0.4, -0.2) is 53.8 Å². The fourth-order valence-corrected chi connectivity index (χ4v) is 4.29. The molecule has 1 amide bonds. The second kappa shape index (κ2) is 6.66. The van der Waals surface area contributed by atoms with Crippen LogP contribution in [0.3, 0.4) is 0 Å². The van der Waals surface area contributed by atoms with Gasteiger partial charge < -0.3 is 9.64 Å². The maximum atomic E-state index is 12.5. The van der Waals surface area contributed by atoms with E-state index in [1.807, 2.05) is 0 Å². The minimum absolute atomic E-state index is 0.0603. The van der Waals surface area contributed by atoms with Gasteiger partial charge in [0.2, 0.25) is 15.0 Å². The first kappa shape index (κ1) is 18.6. The van der Waals surface area contributed by atoms with Crippen LogP contribution in [0.5, 0.6) is 0 Å². The molecule has 1 saturated heterocycles. The van der Waals surface area contributed by atoms with E-state index < -0.39 is 21.5 Å². The van der Waals surface area contributed by atoms with Crippen molar-refractivity contribution in [2.45, 2.75) is 51.8 Å². The lowest BCUT2D eigenvalue weighted by Crippen LogP contribution is -2.35. The smallest absolute Gasteiger partial charge is 0.410 e. The Balaban J connectivity index is 2.03. The molecule has 0 bridgehead atoms. The van der Waals surface area contributed by atoms with Gasteiger partial charge in [0.1, 0.15) is 5.60 Å². The molecule has 1 fully saturated rings. The summed E-state index contributed by atoms with van der Waals surface area (Å²) in [7, 11) is -3.57. The van der Waals surface area contributed by atoms with Crippen LogP contribution in [0, 0.1) is 19.8 Å². The van der Waals surface area contributed by atoms with Gasteiger partial charge in [-0.3, -0.25) is 0 Å². The Kier molecular flexibility index (Phi) is 5.17. The molecule has 2 heterocycles. The van der Waals surface area contributed by atoms with Crippen molar-refractivity contribution in [2.75, 3.05) is 18.8 Å². The van der Waals surface area contributed by atoms with Gasteiger partial charge in [0, 0.05) is 24.5 Å². The van der Waals surface area contributed by atoms with E-state index >= 15 is 0 Å². The molecule has 1 aromatic rings. The minimum atomic E-state index is -3.57. The zero-order valence-corrected chi connectivity index (χ0v) is 15.7. The summed E-state index contributed by atoms with van der Waals surface area (Å²) in [5.41, 5.74) is 0.694. The van der Waals surface area contributed by atoms with E-state index in [0.717, 1.165) is 0 Å². The monoisotopic (exact) mass is 355 g/mol. The predicted octanol–water partition coefficient (Wildman–Crippen LogP) is 2.12. The third-order valence-corrected chi connectivity index (χ3v) is 5.28. The summed E-state index contributed by atoms with van der Waals surface area (Å²) in [6.07, 6.45) is 0.230. The van der Waals surface area contributed by atoms with Crippen LogP contribution >= 0.6 is 0 Å². The van der Waals surface area contributed by atoms with Crippen molar-refractivity contribution in [1.29, 1.82) is 0 Å².